The number of hydrogen-bond acceptors (Lipinski definition) is 5. The van der Waals surface area contributed by atoms with Crippen LogP contribution in [0.15, 0.2) is 0 Å². The first-order chi connectivity index (χ1) is 8.20. The number of aliphatic carboxylic acids is 1. The van der Waals surface area contributed by atoms with Gasteiger partial charge in [0.05, 0.1) is 23.9 Å². The zero-order valence-electron chi connectivity index (χ0n) is 10.3. The van der Waals surface area contributed by atoms with Crippen molar-refractivity contribution in [2.45, 2.75) is 37.9 Å². The summed E-state index contributed by atoms with van der Waals surface area (Å²) in [5.41, 5.74) is -1.60. The van der Waals surface area contributed by atoms with Gasteiger partial charge < -0.3 is 14.9 Å². The van der Waals surface area contributed by atoms with Gasteiger partial charge in [-0.15, -0.1) is 0 Å². The van der Waals surface area contributed by atoms with Crippen molar-refractivity contribution >= 4 is 16.0 Å². The van der Waals surface area contributed by atoms with Gasteiger partial charge in [0, 0.05) is 13.2 Å². The van der Waals surface area contributed by atoms with Crippen molar-refractivity contribution in [2.75, 3.05) is 18.9 Å². The number of aliphatic hydroxyl groups is 1. The first-order valence-corrected chi connectivity index (χ1v) is 7.38. The molecule has 0 aliphatic carbocycles. The van der Waals surface area contributed by atoms with Gasteiger partial charge in [0.2, 0.25) is 10.0 Å². The molecule has 7 nitrogen and oxygen atoms in total. The van der Waals surface area contributed by atoms with Crippen LogP contribution in [0.5, 0.6) is 0 Å². The summed E-state index contributed by atoms with van der Waals surface area (Å²) >= 11 is 0. The van der Waals surface area contributed by atoms with E-state index in [-0.39, 0.29) is 18.4 Å². The summed E-state index contributed by atoms with van der Waals surface area (Å²) in [4.78, 5) is 10.5. The Hall–Kier alpha value is -0.700. The topological polar surface area (TPSA) is 113 Å². The molecule has 0 aromatic rings. The molecule has 1 aliphatic rings. The lowest BCUT2D eigenvalue weighted by Crippen LogP contribution is -2.44. The molecule has 0 spiro atoms. The Bertz CT molecular complexity index is 385. The van der Waals surface area contributed by atoms with Crippen LogP contribution >= 0.6 is 0 Å². The van der Waals surface area contributed by atoms with E-state index >= 15 is 0 Å². The number of nitrogens with one attached hydrogen (secondary N) is 1. The summed E-state index contributed by atoms with van der Waals surface area (Å²) in [6, 6.07) is 0. The molecular weight excluding hydrogens is 262 g/mol. The van der Waals surface area contributed by atoms with Crippen LogP contribution < -0.4 is 4.72 Å². The highest BCUT2D eigenvalue weighted by Crippen LogP contribution is 2.14. The second-order valence-electron chi connectivity index (χ2n) is 4.81. The molecule has 0 amide bonds. The second kappa shape index (κ2) is 5.96. The third-order valence-electron chi connectivity index (χ3n) is 2.63. The molecule has 1 heterocycles. The Balaban J connectivity index is 2.42. The number of carboxylic acid groups (broad SMARTS) is 1. The number of rotatable bonds is 7. The van der Waals surface area contributed by atoms with E-state index in [4.69, 9.17) is 9.84 Å². The first kappa shape index (κ1) is 15.4. The van der Waals surface area contributed by atoms with Gasteiger partial charge in [-0.1, -0.05) is 0 Å². The van der Waals surface area contributed by atoms with Gasteiger partial charge >= 0.3 is 5.97 Å². The Morgan fingerprint density at radius 1 is 1.56 bits per heavy atom. The quantitative estimate of drug-likeness (QED) is 0.569. The van der Waals surface area contributed by atoms with Gasteiger partial charge in [-0.2, -0.15) is 0 Å². The molecule has 8 heteroatoms. The summed E-state index contributed by atoms with van der Waals surface area (Å²) in [7, 11) is -3.56. The van der Waals surface area contributed by atoms with E-state index < -0.39 is 28.0 Å². The third kappa shape index (κ3) is 5.76. The molecule has 18 heavy (non-hydrogen) atoms. The molecule has 0 radical (unpaired) electrons. The fourth-order valence-corrected chi connectivity index (χ4v) is 3.13. The molecule has 2 unspecified atom stereocenters. The van der Waals surface area contributed by atoms with Crippen molar-refractivity contribution in [3.05, 3.63) is 0 Å². The van der Waals surface area contributed by atoms with Crippen molar-refractivity contribution < 1.29 is 28.2 Å². The van der Waals surface area contributed by atoms with Crippen LogP contribution in [-0.2, 0) is 19.6 Å². The van der Waals surface area contributed by atoms with E-state index in [1.54, 1.807) is 0 Å². The molecule has 2 atom stereocenters. The maximum Gasteiger partial charge on any atom is 0.306 e. The molecule has 1 rings (SSSR count). The van der Waals surface area contributed by atoms with E-state index in [0.717, 1.165) is 6.42 Å². The van der Waals surface area contributed by atoms with Crippen molar-refractivity contribution in [1.82, 2.24) is 4.72 Å². The zero-order chi connectivity index (χ0) is 13.8. The minimum Gasteiger partial charge on any atom is -0.481 e. The molecule has 0 saturated carbocycles. The van der Waals surface area contributed by atoms with Crippen LogP contribution in [0.3, 0.4) is 0 Å². The maximum absolute atomic E-state index is 11.7. The average Bonchev–Trinajstić information content (AvgIpc) is 2.65. The monoisotopic (exact) mass is 281 g/mol. The summed E-state index contributed by atoms with van der Waals surface area (Å²) in [6.45, 7) is 1.51. The normalized spacial score (nSPS) is 23.8. The predicted octanol–water partition coefficient (Wildman–Crippen LogP) is -0.689. The summed E-state index contributed by atoms with van der Waals surface area (Å²) in [6.07, 6.45) is 0.714. The average molecular weight is 281 g/mol. The minimum atomic E-state index is -3.56. The zero-order valence-corrected chi connectivity index (χ0v) is 11.1. The van der Waals surface area contributed by atoms with E-state index in [0.29, 0.717) is 13.0 Å². The van der Waals surface area contributed by atoms with Crippen molar-refractivity contribution in [3.8, 4) is 0 Å². The van der Waals surface area contributed by atoms with Gasteiger partial charge in [0.15, 0.2) is 0 Å². The molecule has 1 fully saturated rings. The highest BCUT2D eigenvalue weighted by atomic mass is 32.2. The smallest absolute Gasteiger partial charge is 0.306 e. The van der Waals surface area contributed by atoms with Crippen molar-refractivity contribution in [2.24, 2.45) is 0 Å². The Kier molecular flexibility index (Phi) is 5.09. The van der Waals surface area contributed by atoms with Crippen LogP contribution in [0, 0.1) is 0 Å². The Morgan fingerprint density at radius 3 is 2.72 bits per heavy atom. The van der Waals surface area contributed by atoms with Gasteiger partial charge in [-0.05, 0) is 19.8 Å². The van der Waals surface area contributed by atoms with Crippen LogP contribution in [-0.4, -0.2) is 55.2 Å². The summed E-state index contributed by atoms with van der Waals surface area (Å²) in [5, 5.41) is 18.2. The lowest BCUT2D eigenvalue weighted by atomic mass is 10.0. The van der Waals surface area contributed by atoms with Crippen LogP contribution in [0.25, 0.3) is 0 Å². The molecule has 106 valence electrons. The number of sulfonamides is 1. The highest BCUT2D eigenvalue weighted by Gasteiger charge is 2.28. The SMILES string of the molecule is CC(O)(CNS(=O)(=O)CC1CCCO1)CC(=O)O. The van der Waals surface area contributed by atoms with E-state index in [1.807, 2.05) is 0 Å². The summed E-state index contributed by atoms with van der Waals surface area (Å²) in [5.74, 6) is -1.34. The standard InChI is InChI=1S/C10H19NO6S/c1-10(14,5-9(12)13)7-11-18(15,16)6-8-3-2-4-17-8/h8,11,14H,2-7H2,1H3,(H,12,13). The van der Waals surface area contributed by atoms with Gasteiger partial charge in [-0.25, -0.2) is 13.1 Å². The Labute approximate surface area is 106 Å². The first-order valence-electron chi connectivity index (χ1n) is 5.73. The van der Waals surface area contributed by atoms with Crippen molar-refractivity contribution in [3.63, 3.8) is 0 Å². The number of ether oxygens (including phenoxy) is 1. The lowest BCUT2D eigenvalue weighted by Gasteiger charge is -2.22. The second-order valence-corrected chi connectivity index (χ2v) is 6.66. The molecule has 0 bridgehead atoms. The van der Waals surface area contributed by atoms with Gasteiger partial charge in [0.25, 0.3) is 0 Å². The van der Waals surface area contributed by atoms with Crippen LogP contribution in [0.1, 0.15) is 26.2 Å². The van der Waals surface area contributed by atoms with Gasteiger partial charge in [-0.3, -0.25) is 4.79 Å². The van der Waals surface area contributed by atoms with E-state index in [1.165, 1.54) is 6.92 Å². The number of carbonyl (C=O) groups is 1. The van der Waals surface area contributed by atoms with Crippen LogP contribution in [0.2, 0.25) is 0 Å². The summed E-state index contributed by atoms with van der Waals surface area (Å²) < 4.78 is 30.8. The van der Waals surface area contributed by atoms with E-state index in [2.05, 4.69) is 4.72 Å². The lowest BCUT2D eigenvalue weighted by molar-refractivity contribution is -0.141. The fourth-order valence-electron chi connectivity index (χ4n) is 1.73. The molecule has 1 aliphatic heterocycles. The third-order valence-corrected chi connectivity index (χ3v) is 4.03. The van der Waals surface area contributed by atoms with E-state index in [9.17, 15) is 18.3 Å². The highest BCUT2D eigenvalue weighted by molar-refractivity contribution is 7.89. The Morgan fingerprint density at radius 2 is 2.22 bits per heavy atom. The van der Waals surface area contributed by atoms with Gasteiger partial charge in [0.1, 0.15) is 0 Å². The molecule has 3 N–H and O–H groups in total. The number of carboxylic acids is 1. The minimum absolute atomic E-state index is 0.157. The van der Waals surface area contributed by atoms with Crippen molar-refractivity contribution in [1.29, 1.82) is 0 Å². The molecule has 0 aromatic carbocycles. The molecule has 1 saturated heterocycles. The molecule has 0 aromatic heterocycles. The largest absolute Gasteiger partial charge is 0.481 e. The number of hydrogen-bond donors (Lipinski definition) is 3. The van der Waals surface area contributed by atoms with Crippen LogP contribution in [0.4, 0.5) is 0 Å². The maximum atomic E-state index is 11.7. The fraction of sp³-hybridized carbons (Fsp3) is 0.900. The molecular formula is C10H19NO6S. The predicted molar refractivity (Wildman–Crippen MR) is 63.6 cm³/mol.